The van der Waals surface area contributed by atoms with E-state index in [1.165, 1.54) is 30.3 Å². The van der Waals surface area contributed by atoms with E-state index in [4.69, 9.17) is 13.9 Å². The molecule has 0 saturated carbocycles. The maximum Gasteiger partial charge on any atom is 0.326 e. The second kappa shape index (κ2) is 9.36. The Morgan fingerprint density at radius 3 is 2.46 bits per heavy atom. The number of halogens is 1. The van der Waals surface area contributed by atoms with Crippen molar-refractivity contribution in [3.63, 3.8) is 0 Å². The average molecular weight is 393 g/mol. The molecule has 0 fully saturated rings. The predicted octanol–water partition coefficient (Wildman–Crippen LogP) is 3.39. The van der Waals surface area contributed by atoms with E-state index in [0.717, 1.165) is 0 Å². The molecule has 0 radical (unpaired) electrons. The summed E-state index contributed by atoms with van der Waals surface area (Å²) in [5, 5.41) is 11.7. The lowest BCUT2D eigenvalue weighted by Gasteiger charge is -2.21. The fourth-order valence-corrected chi connectivity index (χ4v) is 2.23. The molecule has 0 aliphatic heterocycles. The van der Waals surface area contributed by atoms with Crippen LogP contribution in [0.2, 0.25) is 0 Å². The SMILES string of the molecule is CC(C)(C)OCCC(NC(=O)c1ccc(COc2ccc(F)cc2)o1)C(=O)O. The molecule has 28 heavy (non-hydrogen) atoms. The van der Waals surface area contributed by atoms with Crippen LogP contribution in [0.4, 0.5) is 4.39 Å². The van der Waals surface area contributed by atoms with E-state index in [-0.39, 0.29) is 31.2 Å². The van der Waals surface area contributed by atoms with Gasteiger partial charge in [-0.3, -0.25) is 4.79 Å². The molecule has 0 aliphatic carbocycles. The van der Waals surface area contributed by atoms with Gasteiger partial charge in [0.25, 0.3) is 5.91 Å². The zero-order chi connectivity index (χ0) is 20.7. The van der Waals surface area contributed by atoms with E-state index in [1.54, 1.807) is 6.07 Å². The van der Waals surface area contributed by atoms with E-state index in [2.05, 4.69) is 5.32 Å². The highest BCUT2D eigenvalue weighted by molar-refractivity contribution is 5.94. The molecule has 2 aromatic rings. The van der Waals surface area contributed by atoms with Gasteiger partial charge in [0.15, 0.2) is 5.76 Å². The summed E-state index contributed by atoms with van der Waals surface area (Å²) < 4.78 is 29.2. The van der Waals surface area contributed by atoms with Crippen LogP contribution in [-0.2, 0) is 16.1 Å². The molecule has 1 atom stereocenters. The highest BCUT2D eigenvalue weighted by atomic mass is 19.1. The summed E-state index contributed by atoms with van der Waals surface area (Å²) in [5.41, 5.74) is -0.395. The number of hydrogen-bond donors (Lipinski definition) is 2. The molecule has 0 spiro atoms. The first-order valence-electron chi connectivity index (χ1n) is 8.79. The fourth-order valence-electron chi connectivity index (χ4n) is 2.23. The Labute approximate surface area is 162 Å². The van der Waals surface area contributed by atoms with E-state index >= 15 is 0 Å². The van der Waals surface area contributed by atoms with Crippen LogP contribution in [0.1, 0.15) is 43.5 Å². The van der Waals surface area contributed by atoms with Crippen LogP contribution in [0.5, 0.6) is 5.75 Å². The van der Waals surface area contributed by atoms with Crippen molar-refractivity contribution < 1.29 is 33.0 Å². The van der Waals surface area contributed by atoms with Crippen molar-refractivity contribution >= 4 is 11.9 Å². The Morgan fingerprint density at radius 1 is 1.18 bits per heavy atom. The number of carboxylic acid groups (broad SMARTS) is 1. The predicted molar refractivity (Wildman–Crippen MR) is 98.7 cm³/mol. The Kier molecular flexibility index (Phi) is 7.17. The Bertz CT molecular complexity index is 794. The van der Waals surface area contributed by atoms with Crippen molar-refractivity contribution in [3.05, 3.63) is 53.7 Å². The highest BCUT2D eigenvalue weighted by Crippen LogP contribution is 2.15. The first kappa shape index (κ1) is 21.4. The third kappa shape index (κ3) is 7.03. The zero-order valence-electron chi connectivity index (χ0n) is 16.0. The maximum absolute atomic E-state index is 12.9. The lowest BCUT2D eigenvalue weighted by atomic mass is 10.1. The first-order chi connectivity index (χ1) is 13.1. The first-order valence-corrected chi connectivity index (χ1v) is 8.79. The molecule has 8 heteroatoms. The van der Waals surface area contributed by atoms with Crippen molar-refractivity contribution in [3.8, 4) is 5.75 Å². The van der Waals surface area contributed by atoms with Crippen molar-refractivity contribution in [1.82, 2.24) is 5.32 Å². The molecule has 1 unspecified atom stereocenters. The summed E-state index contributed by atoms with van der Waals surface area (Å²) in [5.74, 6) is -1.37. The van der Waals surface area contributed by atoms with Crippen LogP contribution in [0.25, 0.3) is 0 Å². The third-order valence-electron chi connectivity index (χ3n) is 3.63. The van der Waals surface area contributed by atoms with Crippen molar-refractivity contribution in [2.75, 3.05) is 6.61 Å². The number of aliphatic carboxylic acids is 1. The van der Waals surface area contributed by atoms with Crippen LogP contribution in [-0.4, -0.2) is 35.2 Å². The summed E-state index contributed by atoms with van der Waals surface area (Å²) >= 11 is 0. The van der Waals surface area contributed by atoms with Gasteiger partial charge in [0, 0.05) is 13.0 Å². The van der Waals surface area contributed by atoms with Gasteiger partial charge < -0.3 is 24.3 Å². The second-order valence-corrected chi connectivity index (χ2v) is 7.12. The van der Waals surface area contributed by atoms with Crippen LogP contribution in [0.15, 0.2) is 40.8 Å². The minimum Gasteiger partial charge on any atom is -0.486 e. The number of nitrogens with one attached hydrogen (secondary N) is 1. The molecule has 0 saturated heterocycles. The molecule has 0 aliphatic rings. The molecule has 1 aromatic carbocycles. The molecule has 1 amide bonds. The Balaban J connectivity index is 1.88. The van der Waals surface area contributed by atoms with Gasteiger partial charge in [-0.25, -0.2) is 9.18 Å². The summed E-state index contributed by atoms with van der Waals surface area (Å²) in [4.78, 5) is 23.6. The number of carboxylic acids is 1. The lowest BCUT2D eigenvalue weighted by Crippen LogP contribution is -2.41. The van der Waals surface area contributed by atoms with Gasteiger partial charge in [-0.2, -0.15) is 0 Å². The maximum atomic E-state index is 12.9. The summed E-state index contributed by atoms with van der Waals surface area (Å²) in [6.07, 6.45) is 0.125. The van der Waals surface area contributed by atoms with Gasteiger partial charge in [-0.15, -0.1) is 0 Å². The van der Waals surface area contributed by atoms with Crippen LogP contribution < -0.4 is 10.1 Å². The van der Waals surface area contributed by atoms with E-state index in [9.17, 15) is 19.1 Å². The number of furan rings is 1. The van der Waals surface area contributed by atoms with Gasteiger partial charge in [0.05, 0.1) is 5.60 Å². The minimum absolute atomic E-state index is 0.0271. The van der Waals surface area contributed by atoms with Crippen LogP contribution >= 0.6 is 0 Å². The highest BCUT2D eigenvalue weighted by Gasteiger charge is 2.23. The van der Waals surface area contributed by atoms with Crippen LogP contribution in [0, 0.1) is 5.82 Å². The lowest BCUT2D eigenvalue weighted by molar-refractivity contribution is -0.140. The van der Waals surface area contributed by atoms with E-state index in [1.807, 2.05) is 20.8 Å². The molecule has 1 heterocycles. The standard InChI is InChI=1S/C20H24FNO6/c1-20(2,3)27-11-10-16(19(24)25)22-18(23)17-9-8-15(28-17)12-26-14-6-4-13(21)5-7-14/h4-9,16H,10-12H2,1-3H3,(H,22,23)(H,24,25). The van der Waals surface area contributed by atoms with Gasteiger partial charge in [-0.1, -0.05) is 0 Å². The molecule has 2 rings (SSSR count). The Hall–Kier alpha value is -2.87. The molecule has 152 valence electrons. The second-order valence-electron chi connectivity index (χ2n) is 7.12. The van der Waals surface area contributed by atoms with Gasteiger partial charge in [-0.05, 0) is 57.2 Å². The smallest absolute Gasteiger partial charge is 0.326 e. The van der Waals surface area contributed by atoms with Crippen LogP contribution in [0.3, 0.4) is 0 Å². The minimum atomic E-state index is -1.16. The largest absolute Gasteiger partial charge is 0.486 e. The number of benzene rings is 1. The number of rotatable bonds is 9. The molecule has 1 aromatic heterocycles. The molecular formula is C20H24FNO6. The zero-order valence-corrected chi connectivity index (χ0v) is 16.0. The van der Waals surface area contributed by atoms with Gasteiger partial charge >= 0.3 is 5.97 Å². The molecule has 0 bridgehead atoms. The van der Waals surface area contributed by atoms with E-state index in [0.29, 0.717) is 11.5 Å². The average Bonchev–Trinajstić information content (AvgIpc) is 3.08. The Morgan fingerprint density at radius 2 is 1.86 bits per heavy atom. The normalized spacial score (nSPS) is 12.4. The van der Waals surface area contributed by atoms with E-state index < -0.39 is 23.5 Å². The number of amides is 1. The fraction of sp³-hybridized carbons (Fsp3) is 0.400. The third-order valence-corrected chi connectivity index (χ3v) is 3.63. The topological polar surface area (TPSA) is 98.0 Å². The number of ether oxygens (including phenoxy) is 2. The van der Waals surface area contributed by atoms with Gasteiger partial charge in [0.1, 0.15) is 30.0 Å². The number of carbonyl (C=O) groups is 2. The van der Waals surface area contributed by atoms with Crippen molar-refractivity contribution in [2.24, 2.45) is 0 Å². The quantitative estimate of drug-likeness (QED) is 0.678. The molecule has 2 N–H and O–H groups in total. The van der Waals surface area contributed by atoms with Crippen molar-refractivity contribution in [2.45, 2.75) is 45.4 Å². The number of hydrogen-bond acceptors (Lipinski definition) is 5. The molecule has 7 nitrogen and oxygen atoms in total. The van der Waals surface area contributed by atoms with Crippen molar-refractivity contribution in [1.29, 1.82) is 0 Å². The monoisotopic (exact) mass is 393 g/mol. The molecular weight excluding hydrogens is 369 g/mol. The summed E-state index contributed by atoms with van der Waals surface area (Å²) in [6, 6.07) is 7.38. The van der Waals surface area contributed by atoms with Gasteiger partial charge in [0.2, 0.25) is 0 Å². The summed E-state index contributed by atoms with van der Waals surface area (Å²) in [6.45, 7) is 5.82. The summed E-state index contributed by atoms with van der Waals surface area (Å²) in [7, 11) is 0. The number of carbonyl (C=O) groups excluding carboxylic acids is 1.